The van der Waals surface area contributed by atoms with E-state index in [2.05, 4.69) is 5.32 Å². The highest BCUT2D eigenvalue weighted by molar-refractivity contribution is 7.99. The average molecular weight is 375 g/mol. The van der Waals surface area contributed by atoms with Crippen LogP contribution in [0.2, 0.25) is 0 Å². The first-order valence-electron chi connectivity index (χ1n) is 7.97. The van der Waals surface area contributed by atoms with E-state index in [4.69, 9.17) is 9.47 Å². The largest absolute Gasteiger partial charge is 0.493 e. The number of halogens is 1. The highest BCUT2D eigenvalue weighted by atomic mass is 35.5. The van der Waals surface area contributed by atoms with E-state index in [1.54, 1.807) is 26.0 Å². The number of hydrogen-bond donors (Lipinski definition) is 1. The number of nitrogens with zero attached hydrogens (tertiary/aromatic N) is 1. The van der Waals surface area contributed by atoms with Gasteiger partial charge in [0.05, 0.1) is 14.2 Å². The van der Waals surface area contributed by atoms with Gasteiger partial charge in [-0.15, -0.1) is 24.2 Å². The molecule has 0 spiro atoms. The maximum atomic E-state index is 12.3. The second kappa shape index (κ2) is 10.7. The van der Waals surface area contributed by atoms with Gasteiger partial charge < -0.3 is 19.7 Å². The SMILES string of the molecule is CNC1CCCN(C(=O)CCSc2ccc(OC)c(OC)c2)C1.Cl. The predicted molar refractivity (Wildman–Crippen MR) is 101 cm³/mol. The number of amides is 1. The number of benzene rings is 1. The standard InChI is InChI=1S/C17H26N2O3S.ClH/c1-18-13-5-4-9-19(12-13)17(20)8-10-23-14-6-7-15(21-2)16(11-14)22-3;/h6-7,11,13,18H,4-5,8-10,12H2,1-3H3;1H. The van der Waals surface area contributed by atoms with Crippen molar-refractivity contribution in [3.05, 3.63) is 18.2 Å². The zero-order valence-electron chi connectivity index (χ0n) is 14.5. The van der Waals surface area contributed by atoms with E-state index >= 15 is 0 Å². The van der Waals surface area contributed by atoms with Crippen molar-refractivity contribution in [2.75, 3.05) is 40.1 Å². The summed E-state index contributed by atoms with van der Waals surface area (Å²) in [5.41, 5.74) is 0. The van der Waals surface area contributed by atoms with Gasteiger partial charge in [-0.1, -0.05) is 0 Å². The van der Waals surface area contributed by atoms with Crippen LogP contribution in [0.5, 0.6) is 11.5 Å². The molecule has 1 aromatic rings. The van der Waals surface area contributed by atoms with Crippen molar-refractivity contribution >= 4 is 30.1 Å². The molecule has 0 aliphatic carbocycles. The number of methoxy groups -OCH3 is 2. The zero-order chi connectivity index (χ0) is 16.7. The first kappa shape index (κ1) is 20.9. The van der Waals surface area contributed by atoms with Gasteiger partial charge in [0, 0.05) is 36.2 Å². The van der Waals surface area contributed by atoms with E-state index < -0.39 is 0 Å². The molecule has 1 fully saturated rings. The Morgan fingerprint density at radius 1 is 1.33 bits per heavy atom. The maximum absolute atomic E-state index is 12.3. The van der Waals surface area contributed by atoms with E-state index in [1.807, 2.05) is 30.1 Å². The van der Waals surface area contributed by atoms with Gasteiger partial charge in [0.15, 0.2) is 11.5 Å². The fourth-order valence-electron chi connectivity index (χ4n) is 2.76. The highest BCUT2D eigenvalue weighted by Crippen LogP contribution is 2.32. The molecule has 0 saturated carbocycles. The summed E-state index contributed by atoms with van der Waals surface area (Å²) in [6.45, 7) is 1.72. The lowest BCUT2D eigenvalue weighted by atomic mass is 10.1. The molecule has 1 amide bonds. The monoisotopic (exact) mass is 374 g/mol. The number of likely N-dealkylation sites (N-methyl/N-ethyl adjacent to an activating group) is 1. The number of ether oxygens (including phenoxy) is 2. The Labute approximate surface area is 154 Å². The Bertz CT molecular complexity index is 531. The van der Waals surface area contributed by atoms with Gasteiger partial charge in [0.25, 0.3) is 0 Å². The van der Waals surface area contributed by atoms with Crippen LogP contribution in [-0.4, -0.2) is 57.0 Å². The molecule has 1 aromatic carbocycles. The lowest BCUT2D eigenvalue weighted by molar-refractivity contribution is -0.132. The Morgan fingerprint density at radius 2 is 2.08 bits per heavy atom. The molecular formula is C17H27ClN2O3S. The summed E-state index contributed by atoms with van der Waals surface area (Å²) < 4.78 is 10.5. The summed E-state index contributed by atoms with van der Waals surface area (Å²) in [4.78, 5) is 15.4. The van der Waals surface area contributed by atoms with Crippen molar-refractivity contribution in [2.24, 2.45) is 0 Å². The number of rotatable bonds is 7. The van der Waals surface area contributed by atoms with Crippen molar-refractivity contribution in [2.45, 2.75) is 30.2 Å². The quantitative estimate of drug-likeness (QED) is 0.744. The molecule has 0 radical (unpaired) electrons. The highest BCUT2D eigenvalue weighted by Gasteiger charge is 2.22. The lowest BCUT2D eigenvalue weighted by Crippen LogP contribution is -2.47. The predicted octanol–water partition coefficient (Wildman–Crippen LogP) is 2.82. The minimum Gasteiger partial charge on any atom is -0.493 e. The van der Waals surface area contributed by atoms with Gasteiger partial charge in [-0.05, 0) is 38.1 Å². The van der Waals surface area contributed by atoms with Crippen LogP contribution in [0.4, 0.5) is 0 Å². The zero-order valence-corrected chi connectivity index (χ0v) is 16.2. The first-order chi connectivity index (χ1) is 11.2. The minimum absolute atomic E-state index is 0. The molecule has 2 rings (SSSR count). The molecule has 5 nitrogen and oxygen atoms in total. The van der Waals surface area contributed by atoms with E-state index in [0.29, 0.717) is 12.5 Å². The van der Waals surface area contributed by atoms with Crippen LogP contribution in [-0.2, 0) is 4.79 Å². The molecule has 136 valence electrons. The molecular weight excluding hydrogens is 348 g/mol. The Morgan fingerprint density at radius 3 is 2.75 bits per heavy atom. The second-order valence-corrected chi connectivity index (χ2v) is 6.75. The third-order valence-corrected chi connectivity index (χ3v) is 5.12. The number of carbonyl (C=O) groups is 1. The average Bonchev–Trinajstić information content (AvgIpc) is 2.61. The van der Waals surface area contributed by atoms with Crippen LogP contribution in [0.1, 0.15) is 19.3 Å². The summed E-state index contributed by atoms with van der Waals surface area (Å²) in [6, 6.07) is 6.28. The topological polar surface area (TPSA) is 50.8 Å². The molecule has 1 N–H and O–H groups in total. The minimum atomic E-state index is 0. The van der Waals surface area contributed by atoms with Crippen LogP contribution < -0.4 is 14.8 Å². The molecule has 1 saturated heterocycles. The Kier molecular flexibility index (Phi) is 9.33. The van der Waals surface area contributed by atoms with Gasteiger partial charge in [-0.2, -0.15) is 0 Å². The third-order valence-electron chi connectivity index (χ3n) is 4.12. The van der Waals surface area contributed by atoms with E-state index in [9.17, 15) is 4.79 Å². The van der Waals surface area contributed by atoms with Crippen LogP contribution in [0, 0.1) is 0 Å². The summed E-state index contributed by atoms with van der Waals surface area (Å²) in [7, 11) is 5.22. The summed E-state index contributed by atoms with van der Waals surface area (Å²) >= 11 is 1.67. The first-order valence-corrected chi connectivity index (χ1v) is 8.96. The molecule has 7 heteroatoms. The third kappa shape index (κ3) is 5.76. The lowest BCUT2D eigenvalue weighted by Gasteiger charge is -2.32. The Hall–Kier alpha value is -1.11. The van der Waals surface area contributed by atoms with E-state index in [-0.39, 0.29) is 18.3 Å². The number of thioether (sulfide) groups is 1. The second-order valence-electron chi connectivity index (χ2n) is 5.58. The number of hydrogen-bond acceptors (Lipinski definition) is 5. The number of nitrogens with one attached hydrogen (secondary N) is 1. The van der Waals surface area contributed by atoms with Crippen LogP contribution in [0.3, 0.4) is 0 Å². The number of piperidine rings is 1. The van der Waals surface area contributed by atoms with Gasteiger partial charge in [0.2, 0.25) is 5.91 Å². The molecule has 1 aliphatic heterocycles. The number of likely N-dealkylation sites (tertiary alicyclic amines) is 1. The summed E-state index contributed by atoms with van der Waals surface area (Å²) in [6.07, 6.45) is 2.80. The number of carbonyl (C=O) groups excluding carboxylic acids is 1. The molecule has 0 bridgehead atoms. The van der Waals surface area contributed by atoms with Crippen LogP contribution >= 0.6 is 24.2 Å². The fraction of sp³-hybridized carbons (Fsp3) is 0.588. The fourth-order valence-corrected chi connectivity index (χ4v) is 3.63. The molecule has 24 heavy (non-hydrogen) atoms. The molecule has 0 aromatic heterocycles. The summed E-state index contributed by atoms with van der Waals surface area (Å²) in [5.74, 6) is 2.46. The normalized spacial score (nSPS) is 17.1. The van der Waals surface area contributed by atoms with Crippen molar-refractivity contribution < 1.29 is 14.3 Å². The van der Waals surface area contributed by atoms with Crippen LogP contribution in [0.15, 0.2) is 23.1 Å². The van der Waals surface area contributed by atoms with E-state index in [1.165, 1.54) is 0 Å². The van der Waals surface area contributed by atoms with Crippen molar-refractivity contribution in [3.63, 3.8) is 0 Å². The van der Waals surface area contributed by atoms with Crippen molar-refractivity contribution in [1.82, 2.24) is 10.2 Å². The molecule has 1 atom stereocenters. The van der Waals surface area contributed by atoms with Crippen molar-refractivity contribution in [1.29, 1.82) is 0 Å². The summed E-state index contributed by atoms with van der Waals surface area (Å²) in [5, 5.41) is 3.27. The van der Waals surface area contributed by atoms with Gasteiger partial charge in [-0.25, -0.2) is 0 Å². The van der Waals surface area contributed by atoms with Gasteiger partial charge >= 0.3 is 0 Å². The molecule has 1 aliphatic rings. The maximum Gasteiger partial charge on any atom is 0.223 e. The molecule has 1 unspecified atom stereocenters. The van der Waals surface area contributed by atoms with Crippen LogP contribution in [0.25, 0.3) is 0 Å². The van der Waals surface area contributed by atoms with E-state index in [0.717, 1.165) is 48.1 Å². The smallest absolute Gasteiger partial charge is 0.223 e. The van der Waals surface area contributed by atoms with Gasteiger partial charge in [0.1, 0.15) is 0 Å². The Balaban J connectivity index is 0.00000288. The van der Waals surface area contributed by atoms with Gasteiger partial charge in [-0.3, -0.25) is 4.79 Å². The van der Waals surface area contributed by atoms with Crippen molar-refractivity contribution in [3.8, 4) is 11.5 Å². The molecule has 1 heterocycles.